The fraction of sp³-hybridized carbons (Fsp3) is 0.529. The van der Waals surface area contributed by atoms with Crippen LogP contribution in [-0.2, 0) is 33.3 Å². The molecule has 0 radical (unpaired) electrons. The van der Waals surface area contributed by atoms with Gasteiger partial charge in [0.1, 0.15) is 11.2 Å². The van der Waals surface area contributed by atoms with Gasteiger partial charge in [-0.2, -0.15) is 0 Å². The number of nitrogens with zero attached hydrogens (tertiary/aromatic N) is 2. The predicted octanol–water partition coefficient (Wildman–Crippen LogP) is -0.587. The SMILES string of the molecule is CN1CC[C@]23c4c5ccc(O)c4O[C@H]2C(=O)C=CC3(O)[C@H]1C5.CN1CC[C@]23c4c5ccc(O)c4O[C@H]2C(=O)CC(O)C3(O)[C@H]1C5.O. The molecule has 9 atom stereocenters. The van der Waals surface area contributed by atoms with Crippen LogP contribution in [0.25, 0.3) is 0 Å². The fourth-order valence-corrected chi connectivity index (χ4v) is 10.7. The molecule has 0 aromatic heterocycles. The Bertz CT molecular complexity index is 1760. The lowest BCUT2D eigenvalue weighted by molar-refractivity contribution is -0.226. The van der Waals surface area contributed by atoms with Crippen LogP contribution in [0.15, 0.2) is 36.4 Å². The molecular formula is C34H38N2O10. The van der Waals surface area contributed by atoms with Crippen molar-refractivity contribution in [3.05, 3.63) is 58.7 Å². The van der Waals surface area contributed by atoms with Crippen molar-refractivity contribution in [3.63, 3.8) is 0 Å². The summed E-state index contributed by atoms with van der Waals surface area (Å²) in [5.74, 6) is 0.423. The molecule has 244 valence electrons. The molecule has 2 spiro atoms. The molecule has 12 nitrogen and oxygen atoms in total. The number of piperidine rings is 2. The summed E-state index contributed by atoms with van der Waals surface area (Å²) in [6.07, 6.45) is 2.73. The second kappa shape index (κ2) is 9.09. The van der Waals surface area contributed by atoms with Gasteiger partial charge >= 0.3 is 0 Å². The Hall–Kier alpha value is -3.52. The normalized spacial score (nSPS) is 41.7. The van der Waals surface area contributed by atoms with Crippen LogP contribution < -0.4 is 9.47 Å². The van der Waals surface area contributed by atoms with Crippen LogP contribution in [0.3, 0.4) is 0 Å². The number of aliphatic hydroxyl groups is 3. The number of benzene rings is 2. The molecule has 10 rings (SSSR count). The van der Waals surface area contributed by atoms with E-state index in [0.29, 0.717) is 43.7 Å². The molecule has 2 aromatic carbocycles. The highest BCUT2D eigenvalue weighted by atomic mass is 16.5. The number of aliphatic hydroxyl groups excluding tert-OH is 1. The summed E-state index contributed by atoms with van der Waals surface area (Å²) in [7, 11) is 3.95. The van der Waals surface area contributed by atoms with Crippen LogP contribution >= 0.6 is 0 Å². The molecular weight excluding hydrogens is 596 g/mol. The lowest BCUT2D eigenvalue weighted by Crippen LogP contribution is -2.80. The highest BCUT2D eigenvalue weighted by Crippen LogP contribution is 2.65. The third kappa shape index (κ3) is 3.02. The lowest BCUT2D eigenvalue weighted by atomic mass is 9.48. The van der Waals surface area contributed by atoms with Gasteiger partial charge in [0.05, 0.1) is 16.9 Å². The van der Waals surface area contributed by atoms with Gasteiger partial charge < -0.3 is 45.4 Å². The molecule has 4 heterocycles. The van der Waals surface area contributed by atoms with Crippen molar-refractivity contribution in [2.45, 2.75) is 84.5 Å². The molecule has 3 unspecified atom stereocenters. The van der Waals surface area contributed by atoms with E-state index >= 15 is 0 Å². The first kappa shape index (κ1) is 29.9. The second-order valence-electron chi connectivity index (χ2n) is 14.3. The summed E-state index contributed by atoms with van der Waals surface area (Å²) >= 11 is 0. The van der Waals surface area contributed by atoms with Crippen molar-refractivity contribution >= 4 is 11.6 Å². The maximum atomic E-state index is 12.6. The van der Waals surface area contributed by atoms with Crippen molar-refractivity contribution in [1.29, 1.82) is 0 Å². The standard InChI is InChI=1S/C17H19NO5.C17H17NO4.H2O/c1-18-5-4-16-13-8-2-3-9(19)14(13)23-15(16)10(20)7-12(21)17(16,22)11(18)6-8;1-18-7-6-16-13-9-2-3-10(19)14(13)22-15(16)11(20)4-5-17(16,21)12(18)8-9;/h2-3,11-12,15,19,21-22H,4-7H2,1H3;2-5,12,15,19,21H,6-8H2,1H3;1H2/t11-,12?,15+,16+,17?;12-,15+,16+,17?;/m11./s1. The van der Waals surface area contributed by atoms with Crippen LogP contribution in [0.1, 0.15) is 41.5 Å². The van der Waals surface area contributed by atoms with Gasteiger partial charge in [-0.3, -0.25) is 14.5 Å². The lowest BCUT2D eigenvalue weighted by Gasteiger charge is -2.63. The van der Waals surface area contributed by atoms with E-state index < -0.39 is 40.3 Å². The Balaban J connectivity index is 0.000000133. The average molecular weight is 635 g/mol. The Morgan fingerprint density at radius 1 is 0.783 bits per heavy atom. The third-order valence-corrected chi connectivity index (χ3v) is 12.7. The largest absolute Gasteiger partial charge is 0.504 e. The second-order valence-corrected chi connectivity index (χ2v) is 14.3. The molecule has 4 aliphatic carbocycles. The Morgan fingerprint density at radius 2 is 1.33 bits per heavy atom. The van der Waals surface area contributed by atoms with E-state index in [-0.39, 0.29) is 47.0 Å². The number of hydrogen-bond acceptors (Lipinski definition) is 11. The zero-order chi connectivity index (χ0) is 31.4. The monoisotopic (exact) mass is 634 g/mol. The number of phenols is 2. The minimum atomic E-state index is -1.44. The summed E-state index contributed by atoms with van der Waals surface area (Å²) in [6.45, 7) is 1.50. The van der Waals surface area contributed by atoms with Crippen molar-refractivity contribution in [3.8, 4) is 23.0 Å². The van der Waals surface area contributed by atoms with Crippen molar-refractivity contribution in [2.75, 3.05) is 27.2 Å². The predicted molar refractivity (Wildman–Crippen MR) is 161 cm³/mol. The van der Waals surface area contributed by atoms with Crippen LogP contribution in [0, 0.1) is 0 Å². The fourth-order valence-electron chi connectivity index (χ4n) is 10.7. The minimum absolute atomic E-state index is 0. The topological polar surface area (TPSA) is 192 Å². The first-order chi connectivity index (χ1) is 21.4. The van der Waals surface area contributed by atoms with Gasteiger partial charge in [0, 0.05) is 29.6 Å². The third-order valence-electron chi connectivity index (χ3n) is 12.7. The molecule has 0 amide bonds. The van der Waals surface area contributed by atoms with E-state index in [1.165, 1.54) is 6.08 Å². The average Bonchev–Trinajstić information content (AvgIpc) is 3.55. The van der Waals surface area contributed by atoms with Crippen LogP contribution in [0.5, 0.6) is 23.0 Å². The van der Waals surface area contributed by atoms with Gasteiger partial charge in [0.25, 0.3) is 0 Å². The summed E-state index contributed by atoms with van der Waals surface area (Å²) < 4.78 is 11.8. The van der Waals surface area contributed by atoms with Gasteiger partial charge in [-0.25, -0.2) is 0 Å². The molecule has 12 heteroatoms. The molecule has 4 bridgehead atoms. The molecule has 8 aliphatic rings. The van der Waals surface area contributed by atoms with Crippen LogP contribution in [-0.4, -0.2) is 121 Å². The first-order valence-corrected chi connectivity index (χ1v) is 15.7. The minimum Gasteiger partial charge on any atom is -0.504 e. The number of carbonyl (C=O) groups excluding carboxylic acids is 2. The van der Waals surface area contributed by atoms with Crippen molar-refractivity contribution < 1.29 is 50.1 Å². The summed E-state index contributed by atoms with van der Waals surface area (Å²) in [4.78, 5) is 29.2. The van der Waals surface area contributed by atoms with E-state index in [2.05, 4.69) is 9.80 Å². The number of aromatic hydroxyl groups is 2. The van der Waals surface area contributed by atoms with Crippen LogP contribution in [0.2, 0.25) is 0 Å². The Kier molecular flexibility index (Phi) is 5.90. The maximum absolute atomic E-state index is 12.6. The summed E-state index contributed by atoms with van der Waals surface area (Å²) in [6, 6.07) is 6.60. The molecule has 1 saturated carbocycles. The Labute approximate surface area is 264 Å². The molecule has 3 fully saturated rings. The summed E-state index contributed by atoms with van der Waals surface area (Å²) in [5, 5.41) is 54.3. The number of likely N-dealkylation sites (tertiary alicyclic amines) is 2. The Morgan fingerprint density at radius 3 is 1.98 bits per heavy atom. The van der Waals surface area contributed by atoms with Crippen molar-refractivity contribution in [2.24, 2.45) is 0 Å². The first-order valence-electron chi connectivity index (χ1n) is 15.7. The summed E-state index contributed by atoms with van der Waals surface area (Å²) in [5.41, 5.74) is -0.653. The highest BCUT2D eigenvalue weighted by molar-refractivity contribution is 5.99. The van der Waals surface area contributed by atoms with E-state index in [4.69, 9.17) is 9.47 Å². The quantitative estimate of drug-likeness (QED) is 0.249. The number of likely N-dealkylation sites (N-methyl/N-ethyl adjacent to an activating group) is 2. The van der Waals surface area contributed by atoms with E-state index in [0.717, 1.165) is 28.8 Å². The molecule has 4 aliphatic heterocycles. The van der Waals surface area contributed by atoms with E-state index in [1.54, 1.807) is 18.2 Å². The number of ether oxygens (including phenoxy) is 2. The highest BCUT2D eigenvalue weighted by Gasteiger charge is 2.76. The molecule has 2 aromatic rings. The van der Waals surface area contributed by atoms with Crippen LogP contribution in [0.4, 0.5) is 0 Å². The van der Waals surface area contributed by atoms with Gasteiger partial charge in [0.15, 0.2) is 46.8 Å². The van der Waals surface area contributed by atoms with Gasteiger partial charge in [-0.05, 0) is 88.3 Å². The zero-order valence-corrected chi connectivity index (χ0v) is 25.6. The molecule has 7 N–H and O–H groups in total. The number of ketones is 2. The van der Waals surface area contributed by atoms with Crippen molar-refractivity contribution in [1.82, 2.24) is 9.80 Å². The maximum Gasteiger partial charge on any atom is 0.196 e. The van der Waals surface area contributed by atoms with E-state index in [9.17, 15) is 35.1 Å². The number of hydrogen-bond donors (Lipinski definition) is 5. The van der Waals surface area contributed by atoms with Gasteiger partial charge in [-0.1, -0.05) is 12.1 Å². The number of phenolic OH excluding ortho intramolecular Hbond substituents is 2. The molecule has 46 heavy (non-hydrogen) atoms. The van der Waals surface area contributed by atoms with E-state index in [1.807, 2.05) is 26.2 Å². The number of carbonyl (C=O) groups is 2. The van der Waals surface area contributed by atoms with Gasteiger partial charge in [0.2, 0.25) is 0 Å². The number of rotatable bonds is 0. The smallest absolute Gasteiger partial charge is 0.196 e. The molecule has 2 saturated heterocycles. The zero-order valence-electron chi connectivity index (χ0n) is 25.6. The number of Topliss-reactive ketones (excluding diaryl/α,β-unsaturated/α-hetero) is 1. The van der Waals surface area contributed by atoms with Gasteiger partial charge in [-0.15, -0.1) is 0 Å².